The molecule has 64 heavy (non-hydrogen) atoms. The van der Waals surface area contributed by atoms with Gasteiger partial charge in [0, 0.05) is 7.14 Å². The minimum Gasteiger partial charge on any atom is -0.486 e. The van der Waals surface area contributed by atoms with Crippen molar-refractivity contribution in [3.05, 3.63) is 79.2 Å². The maximum absolute atomic E-state index is 11.9. The van der Waals surface area contributed by atoms with Crippen LogP contribution < -0.4 is 53.6 Å². The number of nitrogens with zero attached hydrogens (tertiary/aromatic N) is 2. The van der Waals surface area contributed by atoms with E-state index in [1.807, 2.05) is 45.2 Å². The minimum absolute atomic E-state index is 0.0191. The van der Waals surface area contributed by atoms with Gasteiger partial charge in [0.1, 0.15) is 21.3 Å². The zero-order valence-electron chi connectivity index (χ0n) is 31.0. The van der Waals surface area contributed by atoms with E-state index < -0.39 is 42.1 Å². The number of nitrogens with one attached hydrogen (secondary N) is 1. The number of carbonyl (C=O) groups excluding carboxylic acids is 2. The molecule has 0 saturated carbocycles. The molecule has 0 unspecified atom stereocenters. The molecule has 0 radical (unpaired) electrons. The molecule has 9 N–H and O–H groups in total. The number of amides is 1. The second-order valence-corrected chi connectivity index (χ2v) is 244. The van der Waals surface area contributed by atoms with Gasteiger partial charge < -0.3 is 26.3 Å². The first-order valence-electron chi connectivity index (χ1n) is 14.6. The van der Waals surface area contributed by atoms with Gasteiger partial charge in [-0.15, -0.1) is 4.40 Å². The van der Waals surface area contributed by atoms with Crippen LogP contribution in [0.2, 0.25) is 0 Å². The van der Waals surface area contributed by atoms with E-state index in [1.165, 1.54) is 30.3 Å². The maximum atomic E-state index is 11.9. The molecular formula is C26H29I18N7O10S3-2. The second-order valence-electron chi connectivity index (χ2n) is 9.28. The van der Waals surface area contributed by atoms with Crippen molar-refractivity contribution < 1.29 is 70.8 Å². The molecule has 3 aromatic carbocycles. The van der Waals surface area contributed by atoms with Crippen LogP contribution >= 0.6 is 263 Å². The number of nitrogens with two attached hydrogens (primary N) is 4. The van der Waals surface area contributed by atoms with E-state index in [9.17, 15) is 34.8 Å². The Bertz CT molecular complexity index is 2330. The molecule has 0 bridgehead atoms. The smallest absolute Gasteiger partial charge is 0.486 e. The van der Waals surface area contributed by atoms with E-state index in [0.29, 0.717) is 32.2 Å². The Balaban J connectivity index is -0.000000720. The summed E-state index contributed by atoms with van der Waals surface area (Å²) < 4.78 is 81.0. The Hall–Kier alpha value is 8.07. The quantitative estimate of drug-likeness (QED) is 0.0609. The van der Waals surface area contributed by atoms with E-state index in [-0.39, 0.29) is 76.7 Å². The van der Waals surface area contributed by atoms with Gasteiger partial charge in [-0.25, -0.2) is 31.9 Å². The van der Waals surface area contributed by atoms with Crippen LogP contribution in [0.25, 0.3) is 4.85 Å². The van der Waals surface area contributed by atoms with Gasteiger partial charge in [0.05, 0.1) is 30.3 Å². The summed E-state index contributed by atoms with van der Waals surface area (Å²) in [6.07, 6.45) is -0.831. The molecule has 38 heteroatoms. The summed E-state index contributed by atoms with van der Waals surface area (Å²) in [5, 5.41) is 12.4. The van der Waals surface area contributed by atoms with Gasteiger partial charge in [-0.1, -0.05) is 12.1 Å². The SMILES string of the molecule is CCOC(=O)C1=NS(=O)(=O)c2cc(I)ccc2N1.II(I)I(I)I.I[I-]I.I[I-]I(I)I(I)I.Nc1ccc(I)cc1S(N)(=O)=O.Nc1ccccc1S(N)(=O)=O.[C-]#[N+]C(=O)OCC. The van der Waals surface area contributed by atoms with Crippen LogP contribution in [-0.4, -0.2) is 56.4 Å². The van der Waals surface area contributed by atoms with Crippen LogP contribution in [-0.2, 0) is 44.3 Å². The van der Waals surface area contributed by atoms with Crippen molar-refractivity contribution in [1.82, 2.24) is 0 Å². The van der Waals surface area contributed by atoms with Crippen molar-refractivity contribution in [2.24, 2.45) is 14.7 Å². The predicted molar refractivity (Wildman–Crippen MR) is 391 cm³/mol. The van der Waals surface area contributed by atoms with Gasteiger partial charge in [0.15, 0.2) is 0 Å². The zero-order chi connectivity index (χ0) is 50.6. The summed E-state index contributed by atoms with van der Waals surface area (Å²) in [5.74, 6) is -1.10. The molecule has 1 amide bonds. The number of ether oxygens (including phenoxy) is 2. The molecule has 3 aromatic rings. The fraction of sp³-hybridized carbons (Fsp3) is 0.154. The second kappa shape index (κ2) is 43.0. The van der Waals surface area contributed by atoms with E-state index in [1.54, 1.807) is 44.2 Å². The Kier molecular flexibility index (Phi) is 51.3. The van der Waals surface area contributed by atoms with E-state index in [2.05, 4.69) is 205 Å². The molecule has 1 aliphatic rings. The van der Waals surface area contributed by atoms with Gasteiger partial charge in [0.2, 0.25) is 25.9 Å². The first-order chi connectivity index (χ1) is 29.4. The van der Waals surface area contributed by atoms with Crippen LogP contribution in [0, 0.1) is 13.7 Å². The number of para-hydroxylation sites is 1. The topological polar surface area (TPSA) is 288 Å². The number of fused-ring (bicyclic) bond motifs is 1. The fourth-order valence-electron chi connectivity index (χ4n) is 3.09. The van der Waals surface area contributed by atoms with Crippen LogP contribution in [0.5, 0.6) is 0 Å². The zero-order valence-corrected chi connectivity index (χ0v) is 72.3. The van der Waals surface area contributed by atoms with Crippen molar-refractivity contribution in [3.63, 3.8) is 0 Å². The van der Waals surface area contributed by atoms with Crippen molar-refractivity contribution >= 4 is 328 Å². The summed E-state index contributed by atoms with van der Waals surface area (Å²) in [6.45, 7) is 9.78. The number of nitrogen functional groups attached to an aromatic ring is 2. The van der Waals surface area contributed by atoms with Crippen LogP contribution in [0.15, 0.2) is 79.7 Å². The number of sulfonamides is 3. The summed E-state index contributed by atoms with van der Waals surface area (Å²) >= 11 is 31.3. The number of rotatable bonds is 8. The van der Waals surface area contributed by atoms with Crippen molar-refractivity contribution in [3.8, 4) is 0 Å². The number of anilines is 3. The number of hydrogen-bond donors (Lipinski definition) is 5. The van der Waals surface area contributed by atoms with Crippen molar-refractivity contribution in [2.75, 3.05) is 30.0 Å². The Morgan fingerprint density at radius 2 is 1.22 bits per heavy atom. The summed E-state index contributed by atoms with van der Waals surface area (Å²) in [7, 11) is -12.3. The third kappa shape index (κ3) is 37.8. The van der Waals surface area contributed by atoms with Gasteiger partial charge >= 0.3 is 256 Å². The van der Waals surface area contributed by atoms with E-state index >= 15 is 0 Å². The average Bonchev–Trinajstić information content (AvgIpc) is 3.19. The van der Waals surface area contributed by atoms with Crippen molar-refractivity contribution in [2.45, 2.75) is 28.5 Å². The van der Waals surface area contributed by atoms with Crippen LogP contribution in [0.4, 0.5) is 21.9 Å². The van der Waals surface area contributed by atoms with Crippen molar-refractivity contribution in [1.29, 1.82) is 0 Å². The first-order valence-corrected chi connectivity index (χ1v) is 103. The molecule has 0 aromatic heterocycles. The first kappa shape index (κ1) is 76.3. The average molecular weight is 2980 g/mol. The Morgan fingerprint density at radius 3 is 1.56 bits per heavy atom. The number of benzene rings is 3. The summed E-state index contributed by atoms with van der Waals surface area (Å²) in [4.78, 5) is 23.8. The third-order valence-corrected chi connectivity index (χ3v) is 423. The minimum atomic E-state index is -3.86. The van der Waals surface area contributed by atoms with E-state index in [4.69, 9.17) is 33.1 Å². The third-order valence-electron chi connectivity index (χ3n) is 5.23. The number of primary sulfonamides is 2. The Morgan fingerprint density at radius 1 is 0.766 bits per heavy atom. The largest absolute Gasteiger partial charge is 0.561 e. The number of amidine groups is 1. The van der Waals surface area contributed by atoms with Gasteiger partial charge in [0.25, 0.3) is 10.0 Å². The summed E-state index contributed by atoms with van der Waals surface area (Å²) in [6, 6.07) is 15.5. The predicted octanol–water partition coefficient (Wildman–Crippen LogP) is 9.27. The standard InChI is InChI=1S/C10H9IN2O4S.C6H7IN2O2S.C6H8N2O2S.C4H5NO2.I7.I6.I3/c1-2-17-10(14)9-12-7-4-3-6(11)5-8(7)18(15,16)13-9;7-4-1-2-5(8)6(3-4)12(9,10)11;7-5-3-1-2-4-6(5)11(8,9)10;1-3-7-4(6)5-2;1-5-7(4)6(2)3;1-5(2)6(3)4;1-3-2/h3-5H,2H2,1H3,(H,12,13);1-3H,8H2,(H2,9,10,11);1-4H,7H2,(H2,8,9,10);3H2,1H3;;;/q;;;;-1;;-1. The molecule has 0 saturated heterocycles. The molecular weight excluding hydrogens is 2950 g/mol. The number of esters is 1. The number of halogens is 18. The Labute approximate surface area is 535 Å². The maximum Gasteiger partial charge on any atom is 0.561 e. The van der Waals surface area contributed by atoms with E-state index in [0.717, 1.165) is 7.14 Å². The molecule has 0 aliphatic carbocycles. The molecule has 1 heterocycles. The molecule has 17 nitrogen and oxygen atoms in total. The molecule has 0 spiro atoms. The fourth-order valence-corrected chi connectivity index (χ4v) is 217. The normalized spacial score (nSPS) is 12.6. The monoisotopic (exact) mass is 2980 g/mol. The molecule has 374 valence electrons. The van der Waals surface area contributed by atoms with Crippen LogP contribution in [0.1, 0.15) is 13.8 Å². The molecule has 0 fully saturated rings. The van der Waals surface area contributed by atoms with Gasteiger partial charge in [-0.3, -0.25) is 4.79 Å². The molecule has 4 rings (SSSR count). The van der Waals surface area contributed by atoms with Gasteiger partial charge in [-0.2, -0.15) is 13.3 Å². The molecule has 0 atom stereocenters. The number of hydrogen-bond acceptors (Lipinski definition) is 13. The molecule has 1 aliphatic heterocycles. The van der Waals surface area contributed by atoms with Crippen LogP contribution in [0.3, 0.4) is 0 Å². The van der Waals surface area contributed by atoms with Gasteiger partial charge in [-0.05, 0) is 108 Å². The summed E-state index contributed by atoms with van der Waals surface area (Å²) in [5.41, 5.74) is 11.4. The number of carbonyl (C=O) groups is 2.